The summed E-state index contributed by atoms with van der Waals surface area (Å²) >= 11 is 12.3. The molecule has 1 aliphatic rings. The van der Waals surface area contributed by atoms with Gasteiger partial charge in [-0.3, -0.25) is 9.69 Å². The lowest BCUT2D eigenvalue weighted by molar-refractivity contribution is -0.121. The topological polar surface area (TPSA) is 55.8 Å². The Hall–Kier alpha value is -2.61. The van der Waals surface area contributed by atoms with Crippen LogP contribution in [0.25, 0.3) is 6.08 Å². The fourth-order valence-electron chi connectivity index (χ4n) is 2.65. The van der Waals surface area contributed by atoms with E-state index in [2.05, 4.69) is 6.58 Å². The van der Waals surface area contributed by atoms with E-state index in [4.69, 9.17) is 33.3 Å². The monoisotopic (exact) mass is 459 g/mol. The maximum atomic E-state index is 12.5. The number of rotatable bonds is 7. The fourth-order valence-corrected chi connectivity index (χ4v) is 4.05. The van der Waals surface area contributed by atoms with Gasteiger partial charge in [0.25, 0.3) is 5.91 Å². The fraction of sp³-hybridized carbons (Fsp3) is 0.136. The van der Waals surface area contributed by atoms with Crippen LogP contribution in [-0.4, -0.2) is 34.2 Å². The van der Waals surface area contributed by atoms with Crippen LogP contribution in [0.15, 0.2) is 60.0 Å². The second kappa shape index (κ2) is 9.93. The summed E-state index contributed by atoms with van der Waals surface area (Å²) in [6, 6.07) is 11.5. The number of amides is 1. The van der Waals surface area contributed by atoms with Crippen molar-refractivity contribution in [2.45, 2.75) is 6.92 Å². The number of halogens is 1. The Labute approximate surface area is 189 Å². The summed E-state index contributed by atoms with van der Waals surface area (Å²) in [5.74, 6) is -0.00458. The van der Waals surface area contributed by atoms with Crippen LogP contribution in [-0.2, 0) is 4.79 Å². The SMILES string of the molecule is C=CCN1C(=O)/C(=C\c2ccc(OC(=O)c3ccc(Cl)cc3)c(OCC)c2)SC1=S. The standard InChI is InChI=1S/C22H18ClNO4S2/c1-3-11-24-20(25)19(30-22(24)29)13-14-5-10-17(18(12-14)27-4-2)28-21(26)15-6-8-16(23)9-7-15/h3,5-10,12-13H,1,4,11H2,2H3/b19-13+. The molecule has 8 heteroatoms. The molecule has 3 rings (SSSR count). The number of thioether (sulfide) groups is 1. The molecule has 1 saturated heterocycles. The van der Waals surface area contributed by atoms with E-state index in [9.17, 15) is 9.59 Å². The third-order valence-corrected chi connectivity index (χ3v) is 5.66. The van der Waals surface area contributed by atoms with Crippen LogP contribution in [0.2, 0.25) is 5.02 Å². The number of ether oxygens (including phenoxy) is 2. The van der Waals surface area contributed by atoms with E-state index in [1.54, 1.807) is 54.6 Å². The van der Waals surface area contributed by atoms with Gasteiger partial charge in [0, 0.05) is 11.6 Å². The molecule has 0 bridgehead atoms. The normalized spacial score (nSPS) is 14.9. The van der Waals surface area contributed by atoms with Crippen molar-refractivity contribution in [2.75, 3.05) is 13.2 Å². The molecule has 0 saturated carbocycles. The number of carbonyl (C=O) groups excluding carboxylic acids is 2. The van der Waals surface area contributed by atoms with Gasteiger partial charge in [0.15, 0.2) is 11.5 Å². The minimum Gasteiger partial charge on any atom is -0.490 e. The predicted octanol–water partition coefficient (Wildman–Crippen LogP) is 5.35. The maximum Gasteiger partial charge on any atom is 0.343 e. The van der Waals surface area contributed by atoms with Crippen LogP contribution in [0.5, 0.6) is 11.5 Å². The van der Waals surface area contributed by atoms with Crippen LogP contribution < -0.4 is 9.47 Å². The first-order valence-electron chi connectivity index (χ1n) is 9.03. The van der Waals surface area contributed by atoms with E-state index in [0.717, 1.165) is 5.56 Å². The van der Waals surface area contributed by atoms with E-state index in [1.165, 1.54) is 16.7 Å². The summed E-state index contributed by atoms with van der Waals surface area (Å²) in [5, 5.41) is 0.532. The first-order chi connectivity index (χ1) is 14.4. The molecule has 1 aliphatic heterocycles. The van der Waals surface area contributed by atoms with E-state index in [1.807, 2.05) is 6.92 Å². The van der Waals surface area contributed by atoms with Crippen LogP contribution in [0.3, 0.4) is 0 Å². The maximum absolute atomic E-state index is 12.5. The zero-order valence-electron chi connectivity index (χ0n) is 16.1. The number of hydrogen-bond acceptors (Lipinski definition) is 6. The van der Waals surface area contributed by atoms with Crippen molar-refractivity contribution in [3.05, 3.63) is 76.2 Å². The number of thiocarbonyl (C=S) groups is 1. The smallest absolute Gasteiger partial charge is 0.343 e. The lowest BCUT2D eigenvalue weighted by Crippen LogP contribution is -2.27. The zero-order chi connectivity index (χ0) is 21.7. The highest BCUT2D eigenvalue weighted by Crippen LogP contribution is 2.35. The second-order valence-electron chi connectivity index (χ2n) is 6.12. The Bertz CT molecular complexity index is 1030. The summed E-state index contributed by atoms with van der Waals surface area (Å²) in [7, 11) is 0. The molecule has 0 atom stereocenters. The van der Waals surface area contributed by atoms with Gasteiger partial charge < -0.3 is 9.47 Å². The van der Waals surface area contributed by atoms with Crippen LogP contribution >= 0.6 is 35.6 Å². The van der Waals surface area contributed by atoms with Gasteiger partial charge in [-0.25, -0.2) is 4.79 Å². The van der Waals surface area contributed by atoms with E-state index in [-0.39, 0.29) is 11.7 Å². The summed E-state index contributed by atoms with van der Waals surface area (Å²) in [6.45, 7) is 6.23. The zero-order valence-corrected chi connectivity index (χ0v) is 18.5. The molecule has 0 N–H and O–H groups in total. The number of carbonyl (C=O) groups is 2. The lowest BCUT2D eigenvalue weighted by atomic mass is 10.1. The quantitative estimate of drug-likeness (QED) is 0.183. The van der Waals surface area contributed by atoms with Crippen molar-refractivity contribution in [1.82, 2.24) is 4.90 Å². The highest BCUT2D eigenvalue weighted by Gasteiger charge is 2.31. The predicted molar refractivity (Wildman–Crippen MR) is 124 cm³/mol. The Morgan fingerprint density at radius 1 is 1.23 bits per heavy atom. The first-order valence-corrected chi connectivity index (χ1v) is 10.6. The van der Waals surface area contributed by atoms with Crippen molar-refractivity contribution >= 4 is 57.9 Å². The molecular weight excluding hydrogens is 442 g/mol. The van der Waals surface area contributed by atoms with Crippen molar-refractivity contribution in [3.63, 3.8) is 0 Å². The number of nitrogens with zero attached hydrogens (tertiary/aromatic N) is 1. The van der Waals surface area contributed by atoms with Gasteiger partial charge in [-0.1, -0.05) is 47.7 Å². The highest BCUT2D eigenvalue weighted by molar-refractivity contribution is 8.26. The molecule has 30 heavy (non-hydrogen) atoms. The average Bonchev–Trinajstić information content (AvgIpc) is 2.98. The Morgan fingerprint density at radius 3 is 2.63 bits per heavy atom. The van der Waals surface area contributed by atoms with Crippen LogP contribution in [0, 0.1) is 0 Å². The van der Waals surface area contributed by atoms with Crippen LogP contribution in [0.4, 0.5) is 0 Å². The van der Waals surface area contributed by atoms with Gasteiger partial charge in [-0.2, -0.15) is 0 Å². The van der Waals surface area contributed by atoms with Gasteiger partial charge in [-0.05, 0) is 55.0 Å². The molecule has 154 valence electrons. The minimum atomic E-state index is -0.523. The molecule has 1 fully saturated rings. The molecule has 0 aliphatic carbocycles. The van der Waals surface area contributed by atoms with Crippen molar-refractivity contribution in [3.8, 4) is 11.5 Å². The van der Waals surface area contributed by atoms with Gasteiger partial charge in [0.1, 0.15) is 4.32 Å². The molecule has 0 aromatic heterocycles. The number of esters is 1. The molecule has 0 spiro atoms. The molecule has 0 radical (unpaired) electrons. The van der Waals surface area contributed by atoms with Crippen molar-refractivity contribution in [2.24, 2.45) is 0 Å². The second-order valence-corrected chi connectivity index (χ2v) is 8.23. The molecule has 1 heterocycles. The van der Waals surface area contributed by atoms with Crippen molar-refractivity contribution < 1.29 is 19.1 Å². The lowest BCUT2D eigenvalue weighted by Gasteiger charge is -2.12. The van der Waals surface area contributed by atoms with Gasteiger partial charge in [-0.15, -0.1) is 6.58 Å². The van der Waals surface area contributed by atoms with Gasteiger partial charge >= 0.3 is 5.97 Å². The first kappa shape index (κ1) is 22.1. The number of hydrogen-bond donors (Lipinski definition) is 0. The molecule has 5 nitrogen and oxygen atoms in total. The summed E-state index contributed by atoms with van der Waals surface area (Å²) in [6.07, 6.45) is 3.36. The third-order valence-electron chi connectivity index (χ3n) is 4.03. The Kier molecular flexibility index (Phi) is 7.31. The van der Waals surface area contributed by atoms with Crippen molar-refractivity contribution in [1.29, 1.82) is 0 Å². The average molecular weight is 460 g/mol. The summed E-state index contributed by atoms with van der Waals surface area (Å²) in [5.41, 5.74) is 1.10. The van der Waals surface area contributed by atoms with Gasteiger partial charge in [0.05, 0.1) is 17.1 Å². The van der Waals surface area contributed by atoms with Gasteiger partial charge in [0.2, 0.25) is 0 Å². The Balaban J connectivity index is 1.84. The molecule has 1 amide bonds. The summed E-state index contributed by atoms with van der Waals surface area (Å²) < 4.78 is 11.6. The molecule has 2 aromatic rings. The van der Waals surface area contributed by atoms with E-state index >= 15 is 0 Å². The van der Waals surface area contributed by atoms with Crippen LogP contribution in [0.1, 0.15) is 22.8 Å². The summed E-state index contributed by atoms with van der Waals surface area (Å²) in [4.78, 5) is 26.9. The largest absolute Gasteiger partial charge is 0.490 e. The van der Waals surface area contributed by atoms with E-state index in [0.29, 0.717) is 38.7 Å². The molecular formula is C22H18ClNO4S2. The molecule has 0 unspecified atom stereocenters. The number of benzene rings is 2. The van der Waals surface area contributed by atoms with E-state index < -0.39 is 5.97 Å². The highest BCUT2D eigenvalue weighted by atomic mass is 35.5. The third kappa shape index (κ3) is 5.11. The molecule has 2 aromatic carbocycles. The Morgan fingerprint density at radius 2 is 1.97 bits per heavy atom. The minimum absolute atomic E-state index is 0.166.